The van der Waals surface area contributed by atoms with E-state index in [0.717, 1.165) is 11.1 Å². The molecular formula is C20H21NO5. The molecular weight excluding hydrogens is 334 g/mol. The van der Waals surface area contributed by atoms with Gasteiger partial charge in [0.15, 0.2) is 11.5 Å². The second-order valence-electron chi connectivity index (χ2n) is 6.19. The minimum atomic E-state index is -0.381. The summed E-state index contributed by atoms with van der Waals surface area (Å²) < 4.78 is 10.5. The molecule has 1 N–H and O–H groups in total. The van der Waals surface area contributed by atoms with Gasteiger partial charge < -0.3 is 14.6 Å². The number of carbonyl (C=O) groups excluding carboxylic acids is 2. The van der Waals surface area contributed by atoms with Crippen molar-refractivity contribution >= 4 is 11.8 Å². The summed E-state index contributed by atoms with van der Waals surface area (Å²) >= 11 is 0. The van der Waals surface area contributed by atoms with E-state index < -0.39 is 0 Å². The summed E-state index contributed by atoms with van der Waals surface area (Å²) in [5, 5.41) is 9.43. The fraction of sp³-hybridized carbons (Fsp3) is 0.300. The Morgan fingerprint density at radius 3 is 2.38 bits per heavy atom. The number of aromatic hydroxyl groups is 1. The van der Waals surface area contributed by atoms with Crippen molar-refractivity contribution in [2.75, 3.05) is 14.2 Å². The Morgan fingerprint density at radius 2 is 1.73 bits per heavy atom. The molecule has 1 heterocycles. The molecule has 136 valence electrons. The van der Waals surface area contributed by atoms with Crippen LogP contribution >= 0.6 is 0 Å². The van der Waals surface area contributed by atoms with Gasteiger partial charge in [0, 0.05) is 6.42 Å². The smallest absolute Gasteiger partial charge is 0.237 e. The Kier molecular flexibility index (Phi) is 5.11. The van der Waals surface area contributed by atoms with Gasteiger partial charge in [-0.25, -0.2) is 0 Å². The number of phenols is 1. The molecule has 1 aliphatic rings. The highest BCUT2D eigenvalue weighted by atomic mass is 16.5. The molecule has 1 atom stereocenters. The molecule has 0 saturated carbocycles. The summed E-state index contributed by atoms with van der Waals surface area (Å²) in [7, 11) is 3.09. The van der Waals surface area contributed by atoms with Crippen LogP contribution in [0.25, 0.3) is 0 Å². The lowest BCUT2D eigenvalue weighted by molar-refractivity contribution is -0.150. The normalized spacial score (nSPS) is 17.3. The zero-order chi connectivity index (χ0) is 18.7. The molecule has 2 aromatic carbocycles. The van der Waals surface area contributed by atoms with Crippen molar-refractivity contribution in [1.82, 2.24) is 4.90 Å². The lowest BCUT2D eigenvalue weighted by Crippen LogP contribution is -2.43. The van der Waals surface area contributed by atoms with Crippen LogP contribution in [0.1, 0.15) is 29.9 Å². The predicted octanol–water partition coefficient (Wildman–Crippen LogP) is 2.84. The number of hydrogen-bond donors (Lipinski definition) is 1. The number of rotatable bonds is 5. The Bertz CT molecular complexity index is 815. The number of methoxy groups -OCH3 is 2. The van der Waals surface area contributed by atoms with Gasteiger partial charge >= 0.3 is 0 Å². The summed E-state index contributed by atoms with van der Waals surface area (Å²) in [5.74, 6) is 0.511. The SMILES string of the molecule is COc1ccc(CN2C(=O)CCC(c3ccc(O)cc3)C2=O)cc1OC. The van der Waals surface area contributed by atoms with Crippen molar-refractivity contribution < 1.29 is 24.2 Å². The first-order chi connectivity index (χ1) is 12.5. The number of amides is 2. The third-order valence-electron chi connectivity index (χ3n) is 4.60. The number of ether oxygens (including phenoxy) is 2. The molecule has 6 heteroatoms. The maximum absolute atomic E-state index is 12.9. The molecule has 2 aromatic rings. The lowest BCUT2D eigenvalue weighted by Gasteiger charge is -2.31. The van der Waals surface area contributed by atoms with Gasteiger partial charge in [0.05, 0.1) is 26.7 Å². The molecule has 6 nitrogen and oxygen atoms in total. The van der Waals surface area contributed by atoms with Gasteiger partial charge in [-0.1, -0.05) is 18.2 Å². The molecule has 1 saturated heterocycles. The first-order valence-electron chi connectivity index (χ1n) is 8.37. The van der Waals surface area contributed by atoms with E-state index in [1.807, 2.05) is 6.07 Å². The summed E-state index contributed by atoms with van der Waals surface area (Å²) in [4.78, 5) is 26.5. The van der Waals surface area contributed by atoms with Gasteiger partial charge in [-0.05, 0) is 41.8 Å². The van der Waals surface area contributed by atoms with Gasteiger partial charge in [-0.2, -0.15) is 0 Å². The number of likely N-dealkylation sites (tertiary alicyclic amines) is 1. The number of imide groups is 1. The van der Waals surface area contributed by atoms with Gasteiger partial charge in [0.25, 0.3) is 0 Å². The van der Waals surface area contributed by atoms with Crippen molar-refractivity contribution in [2.45, 2.75) is 25.3 Å². The molecule has 0 aromatic heterocycles. The lowest BCUT2D eigenvalue weighted by atomic mass is 9.89. The van der Waals surface area contributed by atoms with Gasteiger partial charge in [0.2, 0.25) is 11.8 Å². The quantitative estimate of drug-likeness (QED) is 0.835. The third-order valence-corrected chi connectivity index (χ3v) is 4.60. The highest BCUT2D eigenvalue weighted by molar-refractivity contribution is 6.01. The summed E-state index contributed by atoms with van der Waals surface area (Å²) in [6, 6.07) is 11.9. The molecule has 0 radical (unpaired) electrons. The van der Waals surface area contributed by atoms with Gasteiger partial charge in [-0.15, -0.1) is 0 Å². The molecule has 3 rings (SSSR count). The summed E-state index contributed by atoms with van der Waals surface area (Å²) in [6.45, 7) is 0.187. The minimum Gasteiger partial charge on any atom is -0.508 e. The number of nitrogens with zero attached hydrogens (tertiary/aromatic N) is 1. The molecule has 2 amide bonds. The van der Waals surface area contributed by atoms with Crippen LogP contribution < -0.4 is 9.47 Å². The molecule has 0 spiro atoms. The van der Waals surface area contributed by atoms with Crippen LogP contribution in [0.3, 0.4) is 0 Å². The maximum atomic E-state index is 12.9. The van der Waals surface area contributed by atoms with E-state index in [1.54, 1.807) is 50.6 Å². The standard InChI is InChI=1S/C20H21NO5/c1-25-17-9-3-13(11-18(17)26-2)12-21-19(23)10-8-16(20(21)24)14-4-6-15(22)7-5-14/h3-7,9,11,16,22H,8,10,12H2,1-2H3. The van der Waals surface area contributed by atoms with Crippen molar-refractivity contribution in [2.24, 2.45) is 0 Å². The van der Waals surface area contributed by atoms with Crippen LogP contribution in [0, 0.1) is 0 Å². The van der Waals surface area contributed by atoms with Crippen molar-refractivity contribution in [3.05, 3.63) is 53.6 Å². The average molecular weight is 355 g/mol. The first-order valence-corrected chi connectivity index (χ1v) is 8.37. The van der Waals surface area contributed by atoms with E-state index in [-0.39, 0.29) is 30.0 Å². The van der Waals surface area contributed by atoms with Gasteiger partial charge in [-0.3, -0.25) is 14.5 Å². The topological polar surface area (TPSA) is 76.1 Å². The van der Waals surface area contributed by atoms with E-state index in [9.17, 15) is 14.7 Å². The zero-order valence-corrected chi connectivity index (χ0v) is 14.8. The van der Waals surface area contributed by atoms with Crippen LogP contribution in [0.5, 0.6) is 17.2 Å². The van der Waals surface area contributed by atoms with Crippen molar-refractivity contribution in [3.63, 3.8) is 0 Å². The molecule has 0 bridgehead atoms. The number of carbonyl (C=O) groups is 2. The second kappa shape index (κ2) is 7.47. The second-order valence-corrected chi connectivity index (χ2v) is 6.19. The van der Waals surface area contributed by atoms with E-state index in [1.165, 1.54) is 4.90 Å². The predicted molar refractivity (Wildman–Crippen MR) is 95.2 cm³/mol. The fourth-order valence-corrected chi connectivity index (χ4v) is 3.18. The van der Waals surface area contributed by atoms with Crippen LogP contribution in [0.15, 0.2) is 42.5 Å². The largest absolute Gasteiger partial charge is 0.508 e. The average Bonchev–Trinajstić information content (AvgIpc) is 2.66. The van der Waals surface area contributed by atoms with Crippen molar-refractivity contribution in [3.8, 4) is 17.2 Å². The summed E-state index contributed by atoms with van der Waals surface area (Å²) in [6.07, 6.45) is 0.787. The van der Waals surface area contributed by atoms with Crippen LogP contribution in [-0.2, 0) is 16.1 Å². The van der Waals surface area contributed by atoms with E-state index in [0.29, 0.717) is 24.3 Å². The molecule has 1 fully saturated rings. The van der Waals surface area contributed by atoms with E-state index >= 15 is 0 Å². The highest BCUT2D eigenvalue weighted by Crippen LogP contribution is 2.32. The first kappa shape index (κ1) is 17.8. The minimum absolute atomic E-state index is 0.148. The number of hydrogen-bond acceptors (Lipinski definition) is 5. The fourth-order valence-electron chi connectivity index (χ4n) is 3.18. The van der Waals surface area contributed by atoms with Crippen LogP contribution in [-0.4, -0.2) is 36.0 Å². The molecule has 0 aliphatic carbocycles. The molecule has 1 unspecified atom stereocenters. The Hall–Kier alpha value is -3.02. The zero-order valence-electron chi connectivity index (χ0n) is 14.8. The number of benzene rings is 2. The van der Waals surface area contributed by atoms with Crippen LogP contribution in [0.4, 0.5) is 0 Å². The Labute approximate surface area is 152 Å². The number of phenolic OH excluding ortho intramolecular Hbond substituents is 1. The van der Waals surface area contributed by atoms with Crippen LogP contribution in [0.2, 0.25) is 0 Å². The van der Waals surface area contributed by atoms with E-state index in [2.05, 4.69) is 0 Å². The molecule has 26 heavy (non-hydrogen) atoms. The van der Waals surface area contributed by atoms with E-state index in [4.69, 9.17) is 9.47 Å². The molecule has 1 aliphatic heterocycles. The maximum Gasteiger partial charge on any atom is 0.237 e. The Morgan fingerprint density at radius 1 is 1.04 bits per heavy atom. The number of piperidine rings is 1. The van der Waals surface area contributed by atoms with Gasteiger partial charge in [0.1, 0.15) is 5.75 Å². The van der Waals surface area contributed by atoms with Crippen molar-refractivity contribution in [1.29, 1.82) is 0 Å². The third kappa shape index (κ3) is 3.49. The monoisotopic (exact) mass is 355 g/mol. The summed E-state index contributed by atoms with van der Waals surface area (Å²) in [5.41, 5.74) is 1.59. The highest BCUT2D eigenvalue weighted by Gasteiger charge is 2.35. The Balaban J connectivity index is 1.83.